The van der Waals surface area contributed by atoms with Gasteiger partial charge >= 0.3 is 0 Å². The van der Waals surface area contributed by atoms with E-state index in [0.29, 0.717) is 13.1 Å². The molecule has 0 bridgehead atoms. The molecule has 112 valence electrons. The second-order valence-corrected chi connectivity index (χ2v) is 5.16. The van der Waals surface area contributed by atoms with Crippen LogP contribution >= 0.6 is 0 Å². The van der Waals surface area contributed by atoms with Crippen LogP contribution in [0.3, 0.4) is 0 Å². The number of aromatic nitrogens is 5. The van der Waals surface area contributed by atoms with Crippen molar-refractivity contribution >= 4 is 5.82 Å². The molecular weight excluding hydrogens is 276 g/mol. The maximum Gasteiger partial charge on any atom is 0.137 e. The standard InChI is InChI=1S/C16H18N6/c1-12-7-16(21-13(2)20-12)18-8-14-5-3-4-6-15(14)9-22-11-17-10-19-22/h3-7,10-11H,8-9H2,1-2H3,(H,18,20,21). The number of nitrogens with zero attached hydrogens (tertiary/aromatic N) is 5. The Morgan fingerprint density at radius 1 is 1.09 bits per heavy atom. The second kappa shape index (κ2) is 6.34. The summed E-state index contributed by atoms with van der Waals surface area (Å²) >= 11 is 0. The van der Waals surface area contributed by atoms with E-state index in [-0.39, 0.29) is 0 Å². The monoisotopic (exact) mass is 294 g/mol. The quantitative estimate of drug-likeness (QED) is 0.782. The fourth-order valence-corrected chi connectivity index (χ4v) is 2.37. The van der Waals surface area contributed by atoms with Gasteiger partial charge in [0.25, 0.3) is 0 Å². The summed E-state index contributed by atoms with van der Waals surface area (Å²) in [7, 11) is 0. The average molecular weight is 294 g/mol. The highest BCUT2D eigenvalue weighted by atomic mass is 15.3. The molecule has 1 N–H and O–H groups in total. The van der Waals surface area contributed by atoms with Crippen LogP contribution in [0.1, 0.15) is 22.6 Å². The highest BCUT2D eigenvalue weighted by Crippen LogP contribution is 2.13. The van der Waals surface area contributed by atoms with Gasteiger partial charge in [0.1, 0.15) is 24.3 Å². The lowest BCUT2D eigenvalue weighted by molar-refractivity contribution is 0.680. The second-order valence-electron chi connectivity index (χ2n) is 5.16. The number of anilines is 1. The van der Waals surface area contributed by atoms with Crippen molar-refractivity contribution in [1.82, 2.24) is 24.7 Å². The predicted octanol–water partition coefficient (Wildman–Crippen LogP) is 2.35. The molecule has 0 atom stereocenters. The first kappa shape index (κ1) is 14.2. The molecule has 0 saturated carbocycles. The molecule has 22 heavy (non-hydrogen) atoms. The fourth-order valence-electron chi connectivity index (χ4n) is 2.37. The maximum absolute atomic E-state index is 4.40. The maximum atomic E-state index is 4.40. The van der Waals surface area contributed by atoms with Crippen molar-refractivity contribution in [2.75, 3.05) is 5.32 Å². The zero-order valence-corrected chi connectivity index (χ0v) is 12.7. The number of nitrogens with one attached hydrogen (secondary N) is 1. The normalized spacial score (nSPS) is 10.6. The van der Waals surface area contributed by atoms with Crippen LogP contribution in [0.4, 0.5) is 5.82 Å². The van der Waals surface area contributed by atoms with E-state index < -0.39 is 0 Å². The van der Waals surface area contributed by atoms with Crippen molar-refractivity contribution in [3.63, 3.8) is 0 Å². The molecule has 0 aliphatic carbocycles. The molecule has 2 heterocycles. The van der Waals surface area contributed by atoms with E-state index in [1.807, 2.05) is 36.7 Å². The molecule has 2 aromatic heterocycles. The van der Waals surface area contributed by atoms with Gasteiger partial charge in [-0.1, -0.05) is 24.3 Å². The molecule has 6 heteroatoms. The smallest absolute Gasteiger partial charge is 0.137 e. The highest BCUT2D eigenvalue weighted by molar-refractivity contribution is 5.38. The van der Waals surface area contributed by atoms with Crippen molar-refractivity contribution in [1.29, 1.82) is 0 Å². The summed E-state index contributed by atoms with van der Waals surface area (Å²) < 4.78 is 1.82. The molecule has 0 aliphatic heterocycles. The van der Waals surface area contributed by atoms with Gasteiger partial charge in [-0.15, -0.1) is 0 Å². The zero-order chi connectivity index (χ0) is 15.4. The number of hydrogen-bond donors (Lipinski definition) is 1. The van der Waals surface area contributed by atoms with Gasteiger partial charge in [-0.2, -0.15) is 5.10 Å². The van der Waals surface area contributed by atoms with Crippen LogP contribution in [0.2, 0.25) is 0 Å². The first-order valence-electron chi connectivity index (χ1n) is 7.16. The van der Waals surface area contributed by atoms with E-state index in [2.05, 4.69) is 37.5 Å². The Morgan fingerprint density at radius 3 is 2.64 bits per heavy atom. The number of rotatable bonds is 5. The summed E-state index contributed by atoms with van der Waals surface area (Å²) in [6, 6.07) is 10.2. The van der Waals surface area contributed by atoms with Crippen LogP contribution in [-0.4, -0.2) is 24.7 Å². The van der Waals surface area contributed by atoms with Crippen LogP contribution in [0, 0.1) is 13.8 Å². The molecule has 3 rings (SSSR count). The van der Waals surface area contributed by atoms with E-state index in [0.717, 1.165) is 17.3 Å². The molecular formula is C16H18N6. The molecule has 6 nitrogen and oxygen atoms in total. The molecule has 1 aromatic carbocycles. The summed E-state index contributed by atoms with van der Waals surface area (Å²) in [5.41, 5.74) is 3.39. The Balaban J connectivity index is 1.75. The minimum Gasteiger partial charge on any atom is -0.366 e. The minimum absolute atomic E-state index is 0.708. The molecule has 0 unspecified atom stereocenters. The minimum atomic E-state index is 0.708. The molecule has 0 amide bonds. The summed E-state index contributed by atoms with van der Waals surface area (Å²) in [5.74, 6) is 1.62. The zero-order valence-electron chi connectivity index (χ0n) is 12.7. The Kier molecular flexibility index (Phi) is 4.09. The lowest BCUT2D eigenvalue weighted by Gasteiger charge is -2.11. The number of aryl methyl sites for hydroxylation is 2. The first-order valence-corrected chi connectivity index (χ1v) is 7.16. The molecule has 3 aromatic rings. The van der Waals surface area contributed by atoms with Crippen molar-refractivity contribution < 1.29 is 0 Å². The molecule has 0 aliphatic rings. The van der Waals surface area contributed by atoms with Crippen LogP contribution in [0.5, 0.6) is 0 Å². The fraction of sp³-hybridized carbons (Fsp3) is 0.250. The van der Waals surface area contributed by atoms with Crippen LogP contribution in [-0.2, 0) is 13.1 Å². The first-order chi connectivity index (χ1) is 10.7. The molecule has 0 spiro atoms. The van der Waals surface area contributed by atoms with Crippen LogP contribution < -0.4 is 5.32 Å². The third-order valence-corrected chi connectivity index (χ3v) is 3.34. The third-order valence-electron chi connectivity index (χ3n) is 3.34. The van der Waals surface area contributed by atoms with Gasteiger partial charge in [0, 0.05) is 18.3 Å². The van der Waals surface area contributed by atoms with Gasteiger partial charge in [-0.05, 0) is 25.0 Å². The van der Waals surface area contributed by atoms with E-state index in [1.54, 1.807) is 12.7 Å². The summed E-state index contributed by atoms with van der Waals surface area (Å²) in [6.45, 7) is 5.29. The lowest BCUT2D eigenvalue weighted by Crippen LogP contribution is -2.08. The average Bonchev–Trinajstić information content (AvgIpc) is 2.98. The largest absolute Gasteiger partial charge is 0.366 e. The van der Waals surface area contributed by atoms with E-state index in [4.69, 9.17) is 0 Å². The van der Waals surface area contributed by atoms with Gasteiger partial charge < -0.3 is 5.32 Å². The van der Waals surface area contributed by atoms with Crippen molar-refractivity contribution in [2.45, 2.75) is 26.9 Å². The Labute approximate surface area is 129 Å². The Bertz CT molecular complexity index is 731. The topological polar surface area (TPSA) is 68.5 Å². The molecule has 0 fully saturated rings. The predicted molar refractivity (Wildman–Crippen MR) is 84.4 cm³/mol. The summed E-state index contributed by atoms with van der Waals surface area (Å²) in [5, 5.41) is 7.52. The highest BCUT2D eigenvalue weighted by Gasteiger charge is 2.04. The molecule has 0 saturated heterocycles. The van der Waals surface area contributed by atoms with Gasteiger partial charge in [-0.25, -0.2) is 19.6 Å². The SMILES string of the molecule is Cc1cc(NCc2ccccc2Cn2cncn2)nc(C)n1. The van der Waals surface area contributed by atoms with E-state index in [1.165, 1.54) is 11.1 Å². The van der Waals surface area contributed by atoms with Gasteiger partial charge in [0.15, 0.2) is 0 Å². The van der Waals surface area contributed by atoms with E-state index in [9.17, 15) is 0 Å². The Morgan fingerprint density at radius 2 is 1.91 bits per heavy atom. The number of benzene rings is 1. The van der Waals surface area contributed by atoms with Crippen molar-refractivity contribution in [2.24, 2.45) is 0 Å². The number of hydrogen-bond acceptors (Lipinski definition) is 5. The van der Waals surface area contributed by atoms with Crippen molar-refractivity contribution in [3.05, 3.63) is 65.6 Å². The van der Waals surface area contributed by atoms with Crippen LogP contribution in [0.25, 0.3) is 0 Å². The summed E-state index contributed by atoms with van der Waals surface area (Å²) in [6.07, 6.45) is 3.27. The van der Waals surface area contributed by atoms with Gasteiger partial charge in [0.05, 0.1) is 6.54 Å². The van der Waals surface area contributed by atoms with Crippen LogP contribution in [0.15, 0.2) is 43.0 Å². The Hall–Kier alpha value is -2.76. The van der Waals surface area contributed by atoms with Gasteiger partial charge in [-0.3, -0.25) is 0 Å². The summed E-state index contributed by atoms with van der Waals surface area (Å²) in [4.78, 5) is 12.7. The third kappa shape index (κ3) is 3.46. The lowest BCUT2D eigenvalue weighted by atomic mass is 10.1. The van der Waals surface area contributed by atoms with Crippen molar-refractivity contribution in [3.8, 4) is 0 Å². The van der Waals surface area contributed by atoms with E-state index >= 15 is 0 Å². The molecule has 0 radical (unpaired) electrons. The van der Waals surface area contributed by atoms with Gasteiger partial charge in [0.2, 0.25) is 0 Å².